The van der Waals surface area contributed by atoms with E-state index in [-0.39, 0.29) is 17.9 Å². The largest absolute Gasteiger partial charge is 0.385 e. The highest BCUT2D eigenvalue weighted by molar-refractivity contribution is 6.36. The fourth-order valence-electron chi connectivity index (χ4n) is 4.42. The zero-order valence-electron chi connectivity index (χ0n) is 16.3. The lowest BCUT2D eigenvalue weighted by Gasteiger charge is -2.39. The molecule has 0 fully saturated rings. The van der Waals surface area contributed by atoms with Gasteiger partial charge in [0.2, 0.25) is 0 Å². The third-order valence-corrected chi connectivity index (χ3v) is 6.42. The molecule has 1 aliphatic carbocycles. The molecule has 0 bridgehead atoms. The Hall–Kier alpha value is -2.01. The zero-order valence-corrected chi connectivity index (χ0v) is 17.8. The van der Waals surface area contributed by atoms with Crippen LogP contribution in [0, 0.1) is 5.92 Å². The summed E-state index contributed by atoms with van der Waals surface area (Å²) >= 11 is 13.1. The number of allylic oxidation sites excluding steroid dienone is 2. The summed E-state index contributed by atoms with van der Waals surface area (Å²) in [5.74, 6) is 0.444. The monoisotopic (exact) mass is 430 g/mol. The van der Waals surface area contributed by atoms with E-state index in [1.165, 1.54) is 0 Å². The SMILES string of the molecule is COCCCNC(=O)c1cccc2c1NC(c1c(Cl)cccc1Cl)C1CC=CC21. The van der Waals surface area contributed by atoms with Gasteiger partial charge in [-0.25, -0.2) is 0 Å². The van der Waals surface area contributed by atoms with Crippen LogP contribution in [-0.2, 0) is 4.74 Å². The van der Waals surface area contributed by atoms with Crippen LogP contribution in [-0.4, -0.2) is 26.2 Å². The summed E-state index contributed by atoms with van der Waals surface area (Å²) in [5, 5.41) is 7.90. The fourth-order valence-corrected chi connectivity index (χ4v) is 5.05. The summed E-state index contributed by atoms with van der Waals surface area (Å²) in [4.78, 5) is 12.9. The molecule has 6 heteroatoms. The number of nitrogens with one attached hydrogen (secondary N) is 2. The van der Waals surface area contributed by atoms with Gasteiger partial charge < -0.3 is 15.4 Å². The van der Waals surface area contributed by atoms with Gasteiger partial charge in [-0.05, 0) is 42.5 Å². The van der Waals surface area contributed by atoms with Gasteiger partial charge in [-0.1, -0.05) is 53.6 Å². The number of carbonyl (C=O) groups excluding carboxylic acids is 1. The summed E-state index contributed by atoms with van der Waals surface area (Å²) in [6.45, 7) is 1.19. The highest BCUT2D eigenvalue weighted by Crippen LogP contribution is 2.52. The Kier molecular flexibility index (Phi) is 6.14. The zero-order chi connectivity index (χ0) is 20.4. The summed E-state index contributed by atoms with van der Waals surface area (Å²) in [6.07, 6.45) is 6.16. The second-order valence-electron chi connectivity index (χ2n) is 7.48. The van der Waals surface area contributed by atoms with Gasteiger partial charge in [0.1, 0.15) is 0 Å². The van der Waals surface area contributed by atoms with E-state index < -0.39 is 0 Å². The molecule has 1 amide bonds. The number of hydrogen-bond acceptors (Lipinski definition) is 3. The standard InChI is InChI=1S/C23H24Cl2N2O2/c1-29-13-5-12-26-23(28)17-9-3-7-15-14-6-2-8-16(14)22(27-21(15)17)20-18(24)10-4-11-19(20)25/h2-4,6-7,9-11,14,16,22,27H,5,8,12-13H2,1H3,(H,26,28). The predicted octanol–water partition coefficient (Wildman–Crippen LogP) is 5.59. The number of halogens is 2. The molecule has 0 radical (unpaired) electrons. The molecule has 152 valence electrons. The Morgan fingerprint density at radius 2 is 1.97 bits per heavy atom. The highest BCUT2D eigenvalue weighted by Gasteiger charge is 2.40. The van der Waals surface area contributed by atoms with Gasteiger partial charge in [-0.2, -0.15) is 0 Å². The van der Waals surface area contributed by atoms with E-state index >= 15 is 0 Å². The molecule has 29 heavy (non-hydrogen) atoms. The van der Waals surface area contributed by atoms with Gasteiger partial charge in [0.15, 0.2) is 0 Å². The van der Waals surface area contributed by atoms with E-state index in [9.17, 15) is 4.79 Å². The van der Waals surface area contributed by atoms with Gasteiger partial charge in [0.25, 0.3) is 5.91 Å². The first-order valence-electron chi connectivity index (χ1n) is 9.89. The number of methoxy groups -OCH3 is 1. The first kappa shape index (κ1) is 20.3. The van der Waals surface area contributed by atoms with E-state index in [1.807, 2.05) is 30.3 Å². The average molecular weight is 431 g/mol. The Labute approximate surface area is 181 Å². The van der Waals surface area contributed by atoms with Gasteiger partial charge >= 0.3 is 0 Å². The molecule has 3 unspecified atom stereocenters. The van der Waals surface area contributed by atoms with Crippen molar-refractivity contribution in [3.05, 3.63) is 75.3 Å². The summed E-state index contributed by atoms with van der Waals surface area (Å²) in [7, 11) is 1.66. The molecule has 2 aromatic rings. The third kappa shape index (κ3) is 3.89. The quantitative estimate of drug-likeness (QED) is 0.463. The molecule has 4 rings (SSSR count). The van der Waals surface area contributed by atoms with Gasteiger partial charge in [0, 0.05) is 41.8 Å². The van der Waals surface area contributed by atoms with Crippen molar-refractivity contribution in [2.45, 2.75) is 24.8 Å². The van der Waals surface area contributed by atoms with Crippen molar-refractivity contribution in [3.63, 3.8) is 0 Å². The minimum absolute atomic E-state index is 0.0638. The van der Waals surface area contributed by atoms with Crippen molar-refractivity contribution in [2.24, 2.45) is 5.92 Å². The highest BCUT2D eigenvalue weighted by atomic mass is 35.5. The maximum atomic E-state index is 12.9. The maximum absolute atomic E-state index is 12.9. The number of anilines is 1. The van der Waals surface area contributed by atoms with E-state index in [4.69, 9.17) is 27.9 Å². The molecule has 2 aliphatic rings. The number of benzene rings is 2. The van der Waals surface area contributed by atoms with Crippen LogP contribution in [0.1, 0.15) is 46.3 Å². The number of fused-ring (bicyclic) bond motifs is 3. The molecule has 1 heterocycles. The first-order chi connectivity index (χ1) is 14.1. The van der Waals surface area contributed by atoms with Crippen molar-refractivity contribution < 1.29 is 9.53 Å². The van der Waals surface area contributed by atoms with E-state index in [2.05, 4.69) is 28.9 Å². The Morgan fingerprint density at radius 3 is 2.72 bits per heavy atom. The number of amides is 1. The number of para-hydroxylation sites is 1. The van der Waals surface area contributed by atoms with Gasteiger partial charge in [-0.3, -0.25) is 4.79 Å². The molecule has 2 aromatic carbocycles. The summed E-state index contributed by atoms with van der Waals surface area (Å²) in [5.41, 5.74) is 3.56. The van der Waals surface area contributed by atoms with Gasteiger partial charge in [-0.15, -0.1) is 0 Å². The Morgan fingerprint density at radius 1 is 1.21 bits per heavy atom. The topological polar surface area (TPSA) is 50.4 Å². The molecular formula is C23H24Cl2N2O2. The number of rotatable bonds is 6. The molecule has 2 N–H and O–H groups in total. The molecule has 0 saturated heterocycles. The summed E-state index contributed by atoms with van der Waals surface area (Å²) in [6, 6.07) is 11.4. The van der Waals surface area contributed by atoms with E-state index in [0.717, 1.165) is 29.7 Å². The van der Waals surface area contributed by atoms with Crippen LogP contribution in [0.15, 0.2) is 48.6 Å². The van der Waals surface area contributed by atoms with Gasteiger partial charge in [0.05, 0.1) is 17.3 Å². The molecular weight excluding hydrogens is 407 g/mol. The smallest absolute Gasteiger partial charge is 0.253 e. The molecule has 1 aliphatic heterocycles. The Bertz CT molecular complexity index is 924. The third-order valence-electron chi connectivity index (χ3n) is 5.76. The van der Waals surface area contributed by atoms with Crippen molar-refractivity contribution >= 4 is 34.8 Å². The average Bonchev–Trinajstić information content (AvgIpc) is 3.21. The summed E-state index contributed by atoms with van der Waals surface area (Å²) < 4.78 is 5.06. The molecule has 0 spiro atoms. The number of carbonyl (C=O) groups is 1. The fraction of sp³-hybridized carbons (Fsp3) is 0.348. The predicted molar refractivity (Wildman–Crippen MR) is 118 cm³/mol. The maximum Gasteiger partial charge on any atom is 0.253 e. The van der Waals surface area contributed by atoms with Crippen LogP contribution < -0.4 is 10.6 Å². The van der Waals surface area contributed by atoms with Crippen molar-refractivity contribution in [1.29, 1.82) is 0 Å². The van der Waals surface area contributed by atoms with Crippen LogP contribution in [0.25, 0.3) is 0 Å². The van der Waals surface area contributed by atoms with Crippen LogP contribution in [0.4, 0.5) is 5.69 Å². The van der Waals surface area contributed by atoms with Crippen LogP contribution >= 0.6 is 23.2 Å². The normalized spacial score (nSPS) is 22.0. The van der Waals surface area contributed by atoms with Crippen molar-refractivity contribution in [2.75, 3.05) is 25.6 Å². The minimum Gasteiger partial charge on any atom is -0.385 e. The minimum atomic E-state index is -0.0881. The lowest BCUT2D eigenvalue weighted by molar-refractivity contribution is 0.0949. The lowest BCUT2D eigenvalue weighted by Crippen LogP contribution is -2.32. The molecule has 0 saturated carbocycles. The number of hydrogen-bond donors (Lipinski definition) is 2. The number of ether oxygens (including phenoxy) is 1. The lowest BCUT2D eigenvalue weighted by atomic mass is 9.76. The molecule has 0 aromatic heterocycles. The van der Waals surface area contributed by atoms with Crippen molar-refractivity contribution in [3.8, 4) is 0 Å². The first-order valence-corrected chi connectivity index (χ1v) is 10.6. The second-order valence-corrected chi connectivity index (χ2v) is 8.30. The van der Waals surface area contributed by atoms with Crippen LogP contribution in [0.2, 0.25) is 10.0 Å². The molecule has 4 nitrogen and oxygen atoms in total. The Balaban J connectivity index is 1.70. The van der Waals surface area contributed by atoms with E-state index in [0.29, 0.717) is 34.7 Å². The second kappa shape index (κ2) is 8.78. The molecule has 3 atom stereocenters. The van der Waals surface area contributed by atoms with E-state index in [1.54, 1.807) is 7.11 Å². The van der Waals surface area contributed by atoms with Crippen molar-refractivity contribution in [1.82, 2.24) is 5.32 Å². The van der Waals surface area contributed by atoms with Crippen LogP contribution in [0.5, 0.6) is 0 Å². The van der Waals surface area contributed by atoms with Crippen LogP contribution in [0.3, 0.4) is 0 Å².